The van der Waals surface area contributed by atoms with E-state index in [-0.39, 0.29) is 5.97 Å². The van der Waals surface area contributed by atoms with E-state index >= 15 is 0 Å². The van der Waals surface area contributed by atoms with E-state index in [9.17, 15) is 4.79 Å². The van der Waals surface area contributed by atoms with Crippen LogP contribution in [0.2, 0.25) is 0 Å². The highest BCUT2D eigenvalue weighted by Crippen LogP contribution is 2.28. The highest BCUT2D eigenvalue weighted by molar-refractivity contribution is 5.89. The van der Waals surface area contributed by atoms with E-state index in [1.54, 1.807) is 7.11 Å². The second-order valence-electron chi connectivity index (χ2n) is 6.99. The maximum atomic E-state index is 13.1. The highest BCUT2D eigenvalue weighted by atomic mass is 16.5. The summed E-state index contributed by atoms with van der Waals surface area (Å²) in [5.74, 6) is 0.502. The van der Waals surface area contributed by atoms with Crippen LogP contribution < -0.4 is 9.64 Å². The quantitative estimate of drug-likeness (QED) is 0.427. The number of nitrogens with zero attached hydrogens (tertiary/aromatic N) is 1. The van der Waals surface area contributed by atoms with Gasteiger partial charge in [0.25, 0.3) is 0 Å². The van der Waals surface area contributed by atoms with Gasteiger partial charge in [0.15, 0.2) is 0 Å². The zero-order valence-corrected chi connectivity index (χ0v) is 18.3. The number of carbonyl (C=O) groups is 1. The van der Waals surface area contributed by atoms with Crippen molar-refractivity contribution in [2.24, 2.45) is 0 Å². The summed E-state index contributed by atoms with van der Waals surface area (Å²) < 4.78 is 10.8. The van der Waals surface area contributed by atoms with E-state index in [2.05, 4.69) is 24.3 Å². The summed E-state index contributed by atoms with van der Waals surface area (Å²) in [5, 5.41) is 0. The van der Waals surface area contributed by atoms with Crippen molar-refractivity contribution in [2.75, 3.05) is 25.2 Å². The fourth-order valence-electron chi connectivity index (χ4n) is 3.58. The molecule has 0 saturated carbocycles. The van der Waals surface area contributed by atoms with E-state index in [1.807, 2.05) is 85.5 Å². The minimum atomic E-state index is -0.575. The molecule has 1 unspecified atom stereocenters. The highest BCUT2D eigenvalue weighted by Gasteiger charge is 2.26. The summed E-state index contributed by atoms with van der Waals surface area (Å²) >= 11 is 0. The Morgan fingerprint density at radius 1 is 0.871 bits per heavy atom. The van der Waals surface area contributed by atoms with Crippen molar-refractivity contribution in [1.82, 2.24) is 0 Å². The van der Waals surface area contributed by atoms with Crippen molar-refractivity contribution < 1.29 is 14.3 Å². The molecule has 0 aliphatic heterocycles. The summed E-state index contributed by atoms with van der Waals surface area (Å²) in [7, 11) is 1.64. The van der Waals surface area contributed by atoms with E-state index in [4.69, 9.17) is 9.47 Å². The van der Waals surface area contributed by atoms with Gasteiger partial charge in [0.2, 0.25) is 0 Å². The predicted molar refractivity (Wildman–Crippen MR) is 126 cm³/mol. The monoisotopic (exact) mass is 415 g/mol. The normalized spacial score (nSPS) is 11.3. The second-order valence-corrected chi connectivity index (χ2v) is 6.99. The molecule has 3 aromatic carbocycles. The molecule has 0 aromatic heterocycles. The summed E-state index contributed by atoms with van der Waals surface area (Å²) in [5.41, 5.74) is 4.02. The number of rotatable bonds is 9. The van der Waals surface area contributed by atoms with Crippen LogP contribution in [0.5, 0.6) is 5.75 Å². The van der Waals surface area contributed by atoms with Crippen molar-refractivity contribution in [3.8, 4) is 5.75 Å². The van der Waals surface area contributed by atoms with E-state index < -0.39 is 6.04 Å². The average Bonchev–Trinajstić information content (AvgIpc) is 2.83. The zero-order chi connectivity index (χ0) is 22.1. The van der Waals surface area contributed by atoms with Crippen LogP contribution in [0.15, 0.2) is 91.0 Å². The molecule has 0 fully saturated rings. The summed E-state index contributed by atoms with van der Waals surface area (Å²) in [4.78, 5) is 15.1. The van der Waals surface area contributed by atoms with Gasteiger partial charge in [-0.2, -0.15) is 0 Å². The molecule has 0 aliphatic rings. The largest absolute Gasteiger partial charge is 0.497 e. The first-order valence-electron chi connectivity index (χ1n) is 10.6. The van der Waals surface area contributed by atoms with Crippen LogP contribution in [0.1, 0.15) is 25.0 Å². The first-order chi connectivity index (χ1) is 15.2. The van der Waals surface area contributed by atoms with E-state index in [0.29, 0.717) is 13.2 Å². The zero-order valence-electron chi connectivity index (χ0n) is 18.3. The SMILES string of the molecule is CCOC(=O)C(C=C(c1ccccc1)c1ccccc1)N(CC)c1ccc(OC)cc1. The van der Waals surface area contributed by atoms with Crippen LogP contribution in [0.3, 0.4) is 0 Å². The molecule has 0 bridgehead atoms. The Kier molecular flexibility index (Phi) is 7.88. The maximum Gasteiger partial charge on any atom is 0.332 e. The molecule has 0 saturated heterocycles. The number of esters is 1. The lowest BCUT2D eigenvalue weighted by Gasteiger charge is -2.30. The third kappa shape index (κ3) is 5.54. The lowest BCUT2D eigenvalue weighted by Crippen LogP contribution is -2.41. The fraction of sp³-hybridized carbons (Fsp3) is 0.222. The molecule has 1 atom stereocenters. The summed E-state index contributed by atoms with van der Waals surface area (Å²) in [6, 6.07) is 27.4. The molecule has 0 aliphatic carbocycles. The first-order valence-corrected chi connectivity index (χ1v) is 10.6. The van der Waals surface area contributed by atoms with Gasteiger partial charge in [-0.3, -0.25) is 0 Å². The van der Waals surface area contributed by atoms with Gasteiger partial charge in [-0.15, -0.1) is 0 Å². The van der Waals surface area contributed by atoms with Crippen molar-refractivity contribution >= 4 is 17.2 Å². The molecular formula is C27H29NO3. The van der Waals surface area contributed by atoms with E-state index in [0.717, 1.165) is 28.1 Å². The van der Waals surface area contributed by atoms with Gasteiger partial charge < -0.3 is 14.4 Å². The Labute approximate surface area is 184 Å². The Morgan fingerprint density at radius 3 is 1.87 bits per heavy atom. The van der Waals surface area contributed by atoms with Gasteiger partial charge >= 0.3 is 5.97 Å². The van der Waals surface area contributed by atoms with Crippen LogP contribution in [-0.4, -0.2) is 32.3 Å². The molecule has 4 heteroatoms. The number of benzene rings is 3. The van der Waals surface area contributed by atoms with Crippen LogP contribution in [-0.2, 0) is 9.53 Å². The number of carbonyl (C=O) groups excluding carboxylic acids is 1. The summed E-state index contributed by atoms with van der Waals surface area (Å²) in [6.07, 6.45) is 2.01. The Hall–Kier alpha value is -3.53. The Morgan fingerprint density at radius 2 is 1.42 bits per heavy atom. The molecule has 0 heterocycles. The number of ether oxygens (including phenoxy) is 2. The minimum absolute atomic E-state index is 0.274. The fourth-order valence-corrected chi connectivity index (χ4v) is 3.58. The first kappa shape index (κ1) is 22.2. The van der Waals surface area contributed by atoms with E-state index in [1.165, 1.54) is 0 Å². The van der Waals surface area contributed by atoms with Gasteiger partial charge in [0, 0.05) is 12.2 Å². The van der Waals surface area contributed by atoms with Crippen LogP contribution >= 0.6 is 0 Å². The lowest BCUT2D eigenvalue weighted by atomic mass is 9.95. The molecule has 0 spiro atoms. The molecule has 3 rings (SSSR count). The van der Waals surface area contributed by atoms with Gasteiger partial charge in [-0.05, 0) is 60.9 Å². The van der Waals surface area contributed by atoms with Crippen molar-refractivity contribution in [2.45, 2.75) is 19.9 Å². The van der Waals surface area contributed by atoms with Gasteiger partial charge in [-0.25, -0.2) is 4.79 Å². The standard InChI is InChI=1S/C27H29NO3/c1-4-28(23-16-18-24(30-3)19-17-23)26(27(29)31-5-2)20-25(21-12-8-6-9-13-21)22-14-10-7-11-15-22/h6-20,26H,4-5H2,1-3H3. The molecule has 0 radical (unpaired) electrons. The van der Waals surface area contributed by atoms with Crippen molar-refractivity contribution in [1.29, 1.82) is 0 Å². The number of hydrogen-bond acceptors (Lipinski definition) is 4. The van der Waals surface area contributed by atoms with Crippen LogP contribution in [0.4, 0.5) is 5.69 Å². The van der Waals surface area contributed by atoms with Crippen LogP contribution in [0, 0.1) is 0 Å². The Balaban J connectivity index is 2.12. The predicted octanol–water partition coefficient (Wildman–Crippen LogP) is 5.59. The lowest BCUT2D eigenvalue weighted by molar-refractivity contribution is -0.143. The number of anilines is 1. The maximum absolute atomic E-state index is 13.1. The van der Waals surface area contributed by atoms with Gasteiger partial charge in [-0.1, -0.05) is 60.7 Å². The summed E-state index contributed by atoms with van der Waals surface area (Å²) in [6.45, 7) is 4.84. The van der Waals surface area contributed by atoms with Gasteiger partial charge in [0.1, 0.15) is 11.8 Å². The average molecular weight is 416 g/mol. The number of methoxy groups -OCH3 is 1. The van der Waals surface area contributed by atoms with Gasteiger partial charge in [0.05, 0.1) is 13.7 Å². The van der Waals surface area contributed by atoms with Crippen LogP contribution in [0.25, 0.3) is 5.57 Å². The van der Waals surface area contributed by atoms with Crippen molar-refractivity contribution in [3.63, 3.8) is 0 Å². The third-order valence-electron chi connectivity index (χ3n) is 5.10. The Bertz CT molecular complexity index is 941. The molecule has 0 amide bonds. The topological polar surface area (TPSA) is 38.8 Å². The molecule has 4 nitrogen and oxygen atoms in total. The molecule has 31 heavy (non-hydrogen) atoms. The molecular weight excluding hydrogens is 386 g/mol. The molecule has 0 N–H and O–H groups in total. The minimum Gasteiger partial charge on any atom is -0.497 e. The second kappa shape index (κ2) is 11.0. The smallest absolute Gasteiger partial charge is 0.332 e. The van der Waals surface area contributed by atoms with Crippen molar-refractivity contribution in [3.05, 3.63) is 102 Å². The molecule has 160 valence electrons. The number of hydrogen-bond donors (Lipinski definition) is 0. The number of likely N-dealkylation sites (N-methyl/N-ethyl adjacent to an activating group) is 1. The third-order valence-corrected chi connectivity index (χ3v) is 5.10. The molecule has 3 aromatic rings.